The molecule has 0 radical (unpaired) electrons. The average Bonchev–Trinajstić information content (AvgIpc) is 3.34. The second-order valence-electron chi connectivity index (χ2n) is 8.56. The van der Waals surface area contributed by atoms with Crippen LogP contribution in [0, 0.1) is 0 Å². The number of H-pyrrole nitrogens is 1. The largest absolute Gasteiger partial charge is 0.493 e. The summed E-state index contributed by atoms with van der Waals surface area (Å²) in [7, 11) is 3.17. The van der Waals surface area contributed by atoms with Gasteiger partial charge in [0, 0.05) is 28.0 Å². The van der Waals surface area contributed by atoms with Crippen LogP contribution in [0.4, 0.5) is 0 Å². The number of para-hydroxylation sites is 2. The molecular formula is C29H27N3O4. The first-order chi connectivity index (χ1) is 17.6. The average molecular weight is 482 g/mol. The lowest BCUT2D eigenvalue weighted by Crippen LogP contribution is -2.39. The van der Waals surface area contributed by atoms with E-state index in [-0.39, 0.29) is 12.5 Å². The lowest BCUT2D eigenvalue weighted by atomic mass is 10.0. The van der Waals surface area contributed by atoms with E-state index >= 15 is 0 Å². The predicted molar refractivity (Wildman–Crippen MR) is 141 cm³/mol. The van der Waals surface area contributed by atoms with E-state index in [0.29, 0.717) is 34.7 Å². The van der Waals surface area contributed by atoms with Crippen molar-refractivity contribution < 1.29 is 19.4 Å². The highest BCUT2D eigenvalue weighted by Gasteiger charge is 2.19. The molecule has 5 aromatic rings. The van der Waals surface area contributed by atoms with Crippen molar-refractivity contribution in [2.24, 2.45) is 0 Å². The van der Waals surface area contributed by atoms with Crippen molar-refractivity contribution in [3.63, 3.8) is 0 Å². The minimum Gasteiger partial charge on any atom is -0.493 e. The van der Waals surface area contributed by atoms with Gasteiger partial charge in [-0.15, -0.1) is 0 Å². The summed E-state index contributed by atoms with van der Waals surface area (Å²) in [4.78, 5) is 21.6. The Balaban J connectivity index is 1.48. The van der Waals surface area contributed by atoms with Crippen LogP contribution in [0.15, 0.2) is 79.0 Å². The molecule has 0 saturated heterocycles. The third-order valence-corrected chi connectivity index (χ3v) is 6.34. The lowest BCUT2D eigenvalue weighted by Gasteiger charge is -2.18. The van der Waals surface area contributed by atoms with Crippen LogP contribution in [0.3, 0.4) is 0 Å². The van der Waals surface area contributed by atoms with Gasteiger partial charge in [0.15, 0.2) is 11.5 Å². The summed E-state index contributed by atoms with van der Waals surface area (Å²) in [5.41, 5.74) is 4.68. The number of nitrogens with zero attached hydrogens (tertiary/aromatic N) is 1. The van der Waals surface area contributed by atoms with Crippen molar-refractivity contribution >= 4 is 27.7 Å². The maximum Gasteiger partial charge on any atom is 0.252 e. The zero-order valence-corrected chi connectivity index (χ0v) is 20.1. The Labute approximate surface area is 208 Å². The fourth-order valence-corrected chi connectivity index (χ4v) is 4.50. The summed E-state index contributed by atoms with van der Waals surface area (Å²) in [6.45, 7) is -0.184. The number of benzene rings is 3. The molecule has 7 heteroatoms. The maximum absolute atomic E-state index is 13.5. The zero-order chi connectivity index (χ0) is 25.1. The molecule has 182 valence electrons. The summed E-state index contributed by atoms with van der Waals surface area (Å²) in [5.74, 6) is 0.923. The first-order valence-electron chi connectivity index (χ1n) is 11.7. The first-order valence-corrected chi connectivity index (χ1v) is 11.7. The molecule has 1 amide bonds. The number of carbonyl (C=O) groups is 1. The number of carbonyl (C=O) groups excluding carboxylic acids is 1. The van der Waals surface area contributed by atoms with Gasteiger partial charge in [0.2, 0.25) is 0 Å². The number of methoxy groups -OCH3 is 2. The van der Waals surface area contributed by atoms with Crippen LogP contribution in [0.5, 0.6) is 11.5 Å². The number of pyridine rings is 1. The molecule has 0 fully saturated rings. The summed E-state index contributed by atoms with van der Waals surface area (Å²) in [5, 5.41) is 14.9. The van der Waals surface area contributed by atoms with Gasteiger partial charge in [0.25, 0.3) is 5.91 Å². The molecular weight excluding hydrogens is 454 g/mol. The van der Waals surface area contributed by atoms with Crippen LogP contribution in [-0.2, 0) is 6.42 Å². The highest BCUT2D eigenvalue weighted by molar-refractivity contribution is 6.07. The van der Waals surface area contributed by atoms with Crippen molar-refractivity contribution in [1.29, 1.82) is 0 Å². The molecule has 0 saturated carbocycles. The molecule has 1 unspecified atom stereocenters. The minimum absolute atomic E-state index is 0.184. The Kier molecular flexibility index (Phi) is 6.56. The molecule has 0 spiro atoms. The summed E-state index contributed by atoms with van der Waals surface area (Å²) < 4.78 is 10.8. The van der Waals surface area contributed by atoms with E-state index in [1.165, 1.54) is 0 Å². The molecule has 2 heterocycles. The number of nitrogens with one attached hydrogen (secondary N) is 2. The third-order valence-electron chi connectivity index (χ3n) is 6.34. The normalized spacial score (nSPS) is 12.0. The molecule has 0 bridgehead atoms. The minimum atomic E-state index is -0.451. The van der Waals surface area contributed by atoms with Crippen molar-refractivity contribution in [2.45, 2.75) is 12.5 Å². The van der Waals surface area contributed by atoms with Crippen molar-refractivity contribution in [1.82, 2.24) is 15.3 Å². The Morgan fingerprint density at radius 3 is 2.50 bits per heavy atom. The Morgan fingerprint density at radius 2 is 1.72 bits per heavy atom. The SMILES string of the molecule is COc1ccc(-c2cc(C(=O)NC(CO)Cc3c[nH]c4ccccc34)c3ccccc3n2)cc1OC. The van der Waals surface area contributed by atoms with E-state index in [0.717, 1.165) is 27.4 Å². The Hall–Kier alpha value is -4.36. The van der Waals surface area contributed by atoms with Gasteiger partial charge < -0.3 is 24.9 Å². The van der Waals surface area contributed by atoms with E-state index in [9.17, 15) is 9.90 Å². The van der Waals surface area contributed by atoms with Crippen LogP contribution in [0.25, 0.3) is 33.1 Å². The number of rotatable bonds is 8. The first kappa shape index (κ1) is 23.4. The van der Waals surface area contributed by atoms with Crippen LogP contribution in [0.1, 0.15) is 15.9 Å². The predicted octanol–water partition coefficient (Wildman–Crippen LogP) is 4.73. The summed E-state index contributed by atoms with van der Waals surface area (Å²) in [6, 6.07) is 22.4. The Bertz CT molecular complexity index is 1540. The van der Waals surface area contributed by atoms with E-state index in [2.05, 4.69) is 10.3 Å². The van der Waals surface area contributed by atoms with Crippen LogP contribution < -0.4 is 14.8 Å². The van der Waals surface area contributed by atoms with Crippen molar-refractivity contribution in [3.05, 3.63) is 90.1 Å². The molecule has 3 N–H and O–H groups in total. The number of aromatic nitrogens is 2. The summed E-state index contributed by atoms with van der Waals surface area (Å²) >= 11 is 0. The quantitative estimate of drug-likeness (QED) is 0.298. The molecule has 0 aliphatic carbocycles. The van der Waals surface area contributed by atoms with Crippen LogP contribution >= 0.6 is 0 Å². The van der Waals surface area contributed by atoms with Gasteiger partial charge in [-0.1, -0.05) is 36.4 Å². The number of hydrogen-bond acceptors (Lipinski definition) is 5. The van der Waals surface area contributed by atoms with E-state index in [1.54, 1.807) is 20.3 Å². The van der Waals surface area contributed by atoms with E-state index in [1.807, 2.05) is 72.9 Å². The third kappa shape index (κ3) is 4.48. The van der Waals surface area contributed by atoms with Crippen LogP contribution in [0.2, 0.25) is 0 Å². The number of hydrogen-bond donors (Lipinski definition) is 3. The molecule has 36 heavy (non-hydrogen) atoms. The Morgan fingerprint density at radius 1 is 0.972 bits per heavy atom. The standard InChI is InChI=1S/C29H27N3O4/c1-35-27-12-11-18(14-28(27)36-2)26-15-23(22-8-4-6-10-25(22)32-26)29(34)31-20(17-33)13-19-16-30-24-9-5-3-7-21(19)24/h3-12,14-16,20,30,33H,13,17H2,1-2H3,(H,31,34). The molecule has 2 aromatic heterocycles. The molecule has 5 rings (SSSR count). The lowest BCUT2D eigenvalue weighted by molar-refractivity contribution is 0.0918. The second-order valence-corrected chi connectivity index (χ2v) is 8.56. The number of aliphatic hydroxyl groups is 1. The number of ether oxygens (including phenoxy) is 2. The van der Waals surface area contributed by atoms with E-state index < -0.39 is 6.04 Å². The van der Waals surface area contributed by atoms with Gasteiger partial charge in [0.1, 0.15) is 0 Å². The monoisotopic (exact) mass is 481 g/mol. The van der Waals surface area contributed by atoms with Gasteiger partial charge >= 0.3 is 0 Å². The highest BCUT2D eigenvalue weighted by Crippen LogP contribution is 2.33. The molecule has 3 aromatic carbocycles. The topological polar surface area (TPSA) is 96.5 Å². The fraction of sp³-hybridized carbons (Fsp3) is 0.172. The van der Waals surface area contributed by atoms with Gasteiger partial charge in [-0.25, -0.2) is 4.98 Å². The zero-order valence-electron chi connectivity index (χ0n) is 20.1. The van der Waals surface area contributed by atoms with Crippen molar-refractivity contribution in [3.8, 4) is 22.8 Å². The number of aliphatic hydroxyl groups excluding tert-OH is 1. The number of fused-ring (bicyclic) bond motifs is 2. The molecule has 7 nitrogen and oxygen atoms in total. The molecule has 1 atom stereocenters. The molecule has 0 aliphatic rings. The van der Waals surface area contributed by atoms with Crippen LogP contribution in [-0.4, -0.2) is 47.8 Å². The van der Waals surface area contributed by atoms with Gasteiger partial charge in [0.05, 0.1) is 43.6 Å². The fourth-order valence-electron chi connectivity index (χ4n) is 4.50. The van der Waals surface area contributed by atoms with Gasteiger partial charge in [-0.05, 0) is 48.4 Å². The van der Waals surface area contributed by atoms with Gasteiger partial charge in [-0.2, -0.15) is 0 Å². The molecule has 0 aliphatic heterocycles. The maximum atomic E-state index is 13.5. The highest BCUT2D eigenvalue weighted by atomic mass is 16.5. The number of amides is 1. The smallest absolute Gasteiger partial charge is 0.252 e. The van der Waals surface area contributed by atoms with Gasteiger partial charge in [-0.3, -0.25) is 4.79 Å². The summed E-state index contributed by atoms with van der Waals surface area (Å²) in [6.07, 6.45) is 2.42. The number of aromatic amines is 1. The van der Waals surface area contributed by atoms with E-state index in [4.69, 9.17) is 14.5 Å². The van der Waals surface area contributed by atoms with Crippen molar-refractivity contribution in [2.75, 3.05) is 20.8 Å². The second kappa shape index (κ2) is 10.1.